The quantitative estimate of drug-likeness (QED) is 0.798. The van der Waals surface area contributed by atoms with Crippen molar-refractivity contribution >= 4 is 27.3 Å². The standard InChI is InChI=1S/C19H29N3O4S/c1-2-27(24,25)22-12-10-21(11-13-22)17-8-6-16(7-9-17)20-19(23)15-18-5-3-4-14-26-18/h6-9,18H,2-5,10-15H2,1H3,(H,20,23). The van der Waals surface area contributed by atoms with E-state index in [0.717, 1.165) is 37.2 Å². The van der Waals surface area contributed by atoms with Gasteiger partial charge in [0.05, 0.1) is 18.3 Å². The van der Waals surface area contributed by atoms with Crippen LogP contribution in [0.4, 0.5) is 11.4 Å². The van der Waals surface area contributed by atoms with Crippen molar-refractivity contribution < 1.29 is 17.9 Å². The van der Waals surface area contributed by atoms with E-state index in [0.29, 0.717) is 32.6 Å². The van der Waals surface area contributed by atoms with Gasteiger partial charge in [-0.2, -0.15) is 4.31 Å². The van der Waals surface area contributed by atoms with Crippen LogP contribution in [0.2, 0.25) is 0 Å². The Morgan fingerprint density at radius 1 is 1.15 bits per heavy atom. The van der Waals surface area contributed by atoms with Crippen molar-refractivity contribution in [3.8, 4) is 0 Å². The lowest BCUT2D eigenvalue weighted by Gasteiger charge is -2.35. The number of carbonyl (C=O) groups excluding carboxylic acids is 1. The average Bonchev–Trinajstić information content (AvgIpc) is 2.69. The first-order valence-electron chi connectivity index (χ1n) is 9.72. The van der Waals surface area contributed by atoms with Crippen molar-refractivity contribution in [2.75, 3.05) is 48.8 Å². The van der Waals surface area contributed by atoms with Gasteiger partial charge in [0.2, 0.25) is 15.9 Å². The third-order valence-corrected chi connectivity index (χ3v) is 7.08. The molecule has 27 heavy (non-hydrogen) atoms. The van der Waals surface area contributed by atoms with Crippen LogP contribution >= 0.6 is 0 Å². The molecule has 2 aliphatic heterocycles. The highest BCUT2D eigenvalue weighted by molar-refractivity contribution is 7.89. The van der Waals surface area contributed by atoms with E-state index in [4.69, 9.17) is 4.74 Å². The molecule has 8 heteroatoms. The lowest BCUT2D eigenvalue weighted by Crippen LogP contribution is -2.49. The molecule has 0 spiro atoms. The first-order valence-corrected chi connectivity index (χ1v) is 11.3. The van der Waals surface area contributed by atoms with Gasteiger partial charge in [-0.1, -0.05) is 0 Å². The van der Waals surface area contributed by atoms with E-state index < -0.39 is 10.0 Å². The van der Waals surface area contributed by atoms with E-state index in [1.165, 1.54) is 0 Å². The minimum absolute atomic E-state index is 0.0203. The van der Waals surface area contributed by atoms with E-state index in [-0.39, 0.29) is 17.8 Å². The van der Waals surface area contributed by atoms with Crippen LogP contribution in [0.15, 0.2) is 24.3 Å². The van der Waals surface area contributed by atoms with E-state index in [1.807, 2.05) is 24.3 Å². The molecule has 7 nitrogen and oxygen atoms in total. The second-order valence-corrected chi connectivity index (χ2v) is 9.33. The topological polar surface area (TPSA) is 79.0 Å². The summed E-state index contributed by atoms with van der Waals surface area (Å²) >= 11 is 0. The summed E-state index contributed by atoms with van der Waals surface area (Å²) in [6, 6.07) is 7.72. The molecule has 1 N–H and O–H groups in total. The fourth-order valence-corrected chi connectivity index (χ4v) is 4.63. The molecule has 150 valence electrons. The number of amides is 1. The Morgan fingerprint density at radius 2 is 1.85 bits per heavy atom. The average molecular weight is 396 g/mol. The van der Waals surface area contributed by atoms with Gasteiger partial charge in [0, 0.05) is 44.2 Å². The number of nitrogens with one attached hydrogen (secondary N) is 1. The maximum atomic E-state index is 12.2. The van der Waals surface area contributed by atoms with Gasteiger partial charge < -0.3 is 15.0 Å². The Morgan fingerprint density at radius 3 is 2.44 bits per heavy atom. The third-order valence-electron chi connectivity index (χ3n) is 5.20. The first-order chi connectivity index (χ1) is 13.0. The Hall–Kier alpha value is -1.64. The SMILES string of the molecule is CCS(=O)(=O)N1CCN(c2ccc(NC(=O)CC3CCCCO3)cc2)CC1. The summed E-state index contributed by atoms with van der Waals surface area (Å²) in [5, 5.41) is 2.93. The fourth-order valence-electron chi connectivity index (χ4n) is 3.55. The zero-order chi connectivity index (χ0) is 19.3. The Balaban J connectivity index is 1.49. The Labute approximate surface area is 161 Å². The van der Waals surface area contributed by atoms with Crippen LogP contribution in [0.25, 0.3) is 0 Å². The number of sulfonamides is 1. The van der Waals surface area contributed by atoms with Crippen LogP contribution in [-0.4, -0.2) is 63.3 Å². The maximum absolute atomic E-state index is 12.2. The second-order valence-electron chi connectivity index (χ2n) is 7.07. The Kier molecular flexibility index (Phi) is 6.73. The van der Waals surface area contributed by atoms with Crippen molar-refractivity contribution in [2.24, 2.45) is 0 Å². The number of nitrogens with zero attached hydrogens (tertiary/aromatic N) is 2. The highest BCUT2D eigenvalue weighted by Gasteiger charge is 2.25. The number of anilines is 2. The van der Waals surface area contributed by atoms with Crippen LogP contribution in [0.5, 0.6) is 0 Å². The molecule has 2 saturated heterocycles. The monoisotopic (exact) mass is 395 g/mol. The van der Waals surface area contributed by atoms with Crippen LogP contribution in [0.3, 0.4) is 0 Å². The third kappa shape index (κ3) is 5.43. The van der Waals surface area contributed by atoms with Crippen LogP contribution in [0.1, 0.15) is 32.6 Å². The molecule has 1 atom stereocenters. The van der Waals surface area contributed by atoms with Gasteiger partial charge in [0.1, 0.15) is 0 Å². The van der Waals surface area contributed by atoms with Gasteiger partial charge in [0.25, 0.3) is 0 Å². The van der Waals surface area contributed by atoms with Gasteiger partial charge in [-0.05, 0) is 50.5 Å². The molecule has 2 heterocycles. The van der Waals surface area contributed by atoms with Crippen molar-refractivity contribution in [2.45, 2.75) is 38.7 Å². The molecule has 0 saturated carbocycles. The van der Waals surface area contributed by atoms with Crippen LogP contribution < -0.4 is 10.2 Å². The maximum Gasteiger partial charge on any atom is 0.226 e. The van der Waals surface area contributed by atoms with Gasteiger partial charge in [-0.3, -0.25) is 4.79 Å². The summed E-state index contributed by atoms with van der Waals surface area (Å²) in [7, 11) is -3.11. The normalized spacial score (nSPS) is 21.8. The number of ether oxygens (including phenoxy) is 1. The number of carbonyl (C=O) groups is 1. The molecule has 1 unspecified atom stereocenters. The molecule has 1 amide bonds. The molecule has 0 aliphatic carbocycles. The molecule has 0 radical (unpaired) electrons. The zero-order valence-corrected chi connectivity index (χ0v) is 16.7. The molecule has 1 aromatic carbocycles. The Bertz CT molecular complexity index is 722. The van der Waals surface area contributed by atoms with Gasteiger partial charge in [0.15, 0.2) is 0 Å². The summed E-state index contributed by atoms with van der Waals surface area (Å²) < 4.78 is 31.1. The summed E-state index contributed by atoms with van der Waals surface area (Å²) in [4.78, 5) is 14.3. The molecule has 1 aromatic rings. The highest BCUT2D eigenvalue weighted by Crippen LogP contribution is 2.21. The minimum atomic E-state index is -3.11. The number of hydrogen-bond acceptors (Lipinski definition) is 5. The summed E-state index contributed by atoms with van der Waals surface area (Å²) in [6.45, 7) is 4.79. The fraction of sp³-hybridized carbons (Fsp3) is 0.632. The minimum Gasteiger partial charge on any atom is -0.378 e. The zero-order valence-electron chi connectivity index (χ0n) is 15.9. The van der Waals surface area contributed by atoms with Crippen molar-refractivity contribution in [3.05, 3.63) is 24.3 Å². The van der Waals surface area contributed by atoms with Crippen LogP contribution in [-0.2, 0) is 19.6 Å². The molecular formula is C19H29N3O4S. The smallest absolute Gasteiger partial charge is 0.226 e. The van der Waals surface area contributed by atoms with E-state index >= 15 is 0 Å². The molecule has 2 fully saturated rings. The largest absolute Gasteiger partial charge is 0.378 e. The van der Waals surface area contributed by atoms with Crippen molar-refractivity contribution in [1.29, 1.82) is 0 Å². The van der Waals surface area contributed by atoms with E-state index in [1.54, 1.807) is 11.2 Å². The molecular weight excluding hydrogens is 366 g/mol. The number of piperazine rings is 1. The van der Waals surface area contributed by atoms with Crippen molar-refractivity contribution in [1.82, 2.24) is 4.31 Å². The number of rotatable bonds is 6. The highest BCUT2D eigenvalue weighted by atomic mass is 32.2. The summed E-state index contributed by atoms with van der Waals surface area (Å²) in [5.41, 5.74) is 1.81. The lowest BCUT2D eigenvalue weighted by atomic mass is 10.1. The number of hydrogen-bond donors (Lipinski definition) is 1. The predicted octanol–water partition coefficient (Wildman–Crippen LogP) is 2.06. The summed E-state index contributed by atoms with van der Waals surface area (Å²) in [5.74, 6) is 0.126. The van der Waals surface area contributed by atoms with E-state index in [2.05, 4.69) is 10.2 Å². The second kappa shape index (κ2) is 9.03. The molecule has 3 rings (SSSR count). The molecule has 0 aromatic heterocycles. The predicted molar refractivity (Wildman–Crippen MR) is 107 cm³/mol. The van der Waals surface area contributed by atoms with Gasteiger partial charge in [-0.15, -0.1) is 0 Å². The lowest BCUT2D eigenvalue weighted by molar-refractivity contribution is -0.119. The van der Waals surface area contributed by atoms with Gasteiger partial charge >= 0.3 is 0 Å². The van der Waals surface area contributed by atoms with Crippen LogP contribution in [0, 0.1) is 0 Å². The van der Waals surface area contributed by atoms with E-state index in [9.17, 15) is 13.2 Å². The van der Waals surface area contributed by atoms with Crippen molar-refractivity contribution in [3.63, 3.8) is 0 Å². The van der Waals surface area contributed by atoms with Gasteiger partial charge in [-0.25, -0.2) is 8.42 Å². The number of benzene rings is 1. The molecule has 2 aliphatic rings. The molecule has 0 bridgehead atoms. The first kappa shape index (κ1) is 20.1. The summed E-state index contributed by atoms with van der Waals surface area (Å²) in [6.07, 6.45) is 3.59.